The smallest absolute Gasteiger partial charge is 0.257 e. The first kappa shape index (κ1) is 21.2. The Kier molecular flexibility index (Phi) is 7.95. The number of piperidine rings is 1. The molecule has 3 rings (SSSR count). The van der Waals surface area contributed by atoms with Crippen LogP contribution in [0.1, 0.15) is 24.4 Å². The molecule has 0 aliphatic carbocycles. The first-order valence-electron chi connectivity index (χ1n) is 9.99. The third-order valence-electron chi connectivity index (χ3n) is 5.00. The van der Waals surface area contributed by atoms with E-state index in [1.165, 1.54) is 0 Å². The van der Waals surface area contributed by atoms with Gasteiger partial charge in [-0.2, -0.15) is 0 Å². The molecule has 1 atom stereocenters. The van der Waals surface area contributed by atoms with E-state index in [0.29, 0.717) is 30.6 Å². The number of hydrogen-bond donors (Lipinski definition) is 1. The molecular weight excluding hydrogens is 372 g/mol. The number of carbonyl (C=O) groups excluding carboxylic acids is 1. The van der Waals surface area contributed by atoms with Gasteiger partial charge in [-0.1, -0.05) is 12.1 Å². The van der Waals surface area contributed by atoms with Crippen molar-refractivity contribution in [2.45, 2.75) is 26.0 Å². The molecule has 0 bridgehead atoms. The minimum Gasteiger partial charge on any atom is -0.493 e. The predicted molar refractivity (Wildman–Crippen MR) is 109 cm³/mol. The van der Waals surface area contributed by atoms with Crippen molar-refractivity contribution in [2.75, 3.05) is 40.5 Å². The van der Waals surface area contributed by atoms with Crippen LogP contribution in [0.2, 0.25) is 0 Å². The molecule has 0 saturated carbocycles. The molecule has 1 aromatic heterocycles. The van der Waals surface area contributed by atoms with E-state index in [2.05, 4.69) is 10.2 Å². The molecule has 1 fully saturated rings. The van der Waals surface area contributed by atoms with Gasteiger partial charge in [0, 0.05) is 20.2 Å². The minimum absolute atomic E-state index is 0.0223. The van der Waals surface area contributed by atoms with Gasteiger partial charge < -0.3 is 23.9 Å². The number of nitrogens with zero attached hydrogens (tertiary/aromatic N) is 1. The number of rotatable bonds is 10. The van der Waals surface area contributed by atoms with Crippen molar-refractivity contribution in [3.05, 3.63) is 47.9 Å². The number of hydrogen-bond acceptors (Lipinski definition) is 6. The van der Waals surface area contributed by atoms with E-state index >= 15 is 0 Å². The van der Waals surface area contributed by atoms with Crippen LogP contribution >= 0.6 is 0 Å². The van der Waals surface area contributed by atoms with Crippen molar-refractivity contribution in [2.24, 2.45) is 5.92 Å². The second-order valence-corrected chi connectivity index (χ2v) is 7.29. The highest BCUT2D eigenvalue weighted by atomic mass is 16.5. The maximum Gasteiger partial charge on any atom is 0.257 e. The Morgan fingerprint density at radius 2 is 1.97 bits per heavy atom. The summed E-state index contributed by atoms with van der Waals surface area (Å²) in [7, 11) is 3.24. The molecule has 1 amide bonds. The summed E-state index contributed by atoms with van der Waals surface area (Å²) in [5, 5.41) is 2.99. The highest BCUT2D eigenvalue weighted by Crippen LogP contribution is 2.25. The lowest BCUT2D eigenvalue weighted by Crippen LogP contribution is -2.41. The van der Waals surface area contributed by atoms with Crippen LogP contribution in [0.3, 0.4) is 0 Å². The number of carbonyl (C=O) groups is 1. The zero-order valence-corrected chi connectivity index (χ0v) is 17.2. The molecule has 1 N–H and O–H groups in total. The Bertz CT molecular complexity index is 776. The number of nitrogens with one attached hydrogen (secondary N) is 1. The quantitative estimate of drug-likeness (QED) is 0.659. The van der Waals surface area contributed by atoms with E-state index in [1.54, 1.807) is 26.4 Å². The fourth-order valence-electron chi connectivity index (χ4n) is 3.60. The van der Waals surface area contributed by atoms with Gasteiger partial charge in [-0.15, -0.1) is 0 Å². The molecule has 1 saturated heterocycles. The minimum atomic E-state index is -0.122. The Hall–Kier alpha value is -2.51. The maximum absolute atomic E-state index is 12.2. The predicted octanol–water partition coefficient (Wildman–Crippen LogP) is 2.84. The average molecular weight is 402 g/mol. The second kappa shape index (κ2) is 10.9. The van der Waals surface area contributed by atoms with Gasteiger partial charge >= 0.3 is 0 Å². The van der Waals surface area contributed by atoms with Gasteiger partial charge in [-0.25, -0.2) is 0 Å². The van der Waals surface area contributed by atoms with Gasteiger partial charge in [0.2, 0.25) is 0 Å². The summed E-state index contributed by atoms with van der Waals surface area (Å²) in [4.78, 5) is 14.6. The monoisotopic (exact) mass is 402 g/mol. The molecule has 2 aromatic rings. The van der Waals surface area contributed by atoms with Crippen molar-refractivity contribution in [3.8, 4) is 11.5 Å². The largest absolute Gasteiger partial charge is 0.493 e. The van der Waals surface area contributed by atoms with E-state index in [9.17, 15) is 4.79 Å². The summed E-state index contributed by atoms with van der Waals surface area (Å²) >= 11 is 0. The zero-order chi connectivity index (χ0) is 20.5. The van der Waals surface area contributed by atoms with E-state index in [1.807, 2.05) is 24.3 Å². The molecule has 1 aromatic carbocycles. The van der Waals surface area contributed by atoms with Crippen LogP contribution in [0.4, 0.5) is 0 Å². The van der Waals surface area contributed by atoms with E-state index in [-0.39, 0.29) is 12.5 Å². The lowest BCUT2D eigenvalue weighted by molar-refractivity contribution is -0.123. The number of furan rings is 1. The molecule has 29 heavy (non-hydrogen) atoms. The molecule has 0 radical (unpaired) electrons. The molecule has 0 unspecified atom stereocenters. The summed E-state index contributed by atoms with van der Waals surface area (Å²) in [6.45, 7) is 3.88. The molecular formula is C22H30N2O5. The van der Waals surface area contributed by atoms with Crippen molar-refractivity contribution < 1.29 is 23.4 Å². The molecule has 7 heteroatoms. The normalized spacial score (nSPS) is 17.1. The molecule has 1 aliphatic rings. The lowest BCUT2D eigenvalue weighted by Gasteiger charge is -2.32. The number of methoxy groups -OCH3 is 2. The van der Waals surface area contributed by atoms with Crippen LogP contribution in [0.25, 0.3) is 0 Å². The third kappa shape index (κ3) is 6.51. The summed E-state index contributed by atoms with van der Waals surface area (Å²) < 4.78 is 21.7. The Morgan fingerprint density at radius 1 is 1.17 bits per heavy atom. The fraction of sp³-hybridized carbons (Fsp3) is 0.500. The molecule has 2 heterocycles. The second-order valence-electron chi connectivity index (χ2n) is 7.29. The summed E-state index contributed by atoms with van der Waals surface area (Å²) in [6, 6.07) is 11.3. The summed E-state index contributed by atoms with van der Waals surface area (Å²) in [5.74, 6) is 3.29. The van der Waals surface area contributed by atoms with Crippen LogP contribution < -0.4 is 14.8 Å². The topological polar surface area (TPSA) is 73.2 Å². The number of para-hydroxylation sites is 2. The van der Waals surface area contributed by atoms with Gasteiger partial charge in [-0.3, -0.25) is 9.69 Å². The number of amides is 1. The van der Waals surface area contributed by atoms with Crippen LogP contribution in [0.5, 0.6) is 11.5 Å². The van der Waals surface area contributed by atoms with Crippen LogP contribution in [-0.4, -0.2) is 51.3 Å². The fourth-order valence-corrected chi connectivity index (χ4v) is 3.60. The van der Waals surface area contributed by atoms with Crippen molar-refractivity contribution in [1.82, 2.24) is 10.2 Å². The Balaban J connectivity index is 1.40. The number of benzene rings is 1. The SMILES string of the molecule is COCc1ccc(CN2CCC[C@@H](CNC(=O)COc3ccccc3OC)C2)o1. The number of likely N-dealkylation sites (tertiary alicyclic amines) is 1. The lowest BCUT2D eigenvalue weighted by atomic mass is 9.98. The molecule has 7 nitrogen and oxygen atoms in total. The summed E-state index contributed by atoms with van der Waals surface area (Å²) in [5.41, 5.74) is 0. The number of ether oxygens (including phenoxy) is 3. The van der Waals surface area contributed by atoms with Crippen LogP contribution in [0.15, 0.2) is 40.8 Å². The summed E-state index contributed by atoms with van der Waals surface area (Å²) in [6.07, 6.45) is 2.22. The Morgan fingerprint density at radius 3 is 2.76 bits per heavy atom. The van der Waals surface area contributed by atoms with E-state index < -0.39 is 0 Å². The highest BCUT2D eigenvalue weighted by molar-refractivity contribution is 5.77. The Labute approximate surface area is 171 Å². The zero-order valence-electron chi connectivity index (χ0n) is 17.2. The molecule has 158 valence electrons. The van der Waals surface area contributed by atoms with Crippen molar-refractivity contribution in [1.29, 1.82) is 0 Å². The van der Waals surface area contributed by atoms with E-state index in [0.717, 1.165) is 44.0 Å². The third-order valence-corrected chi connectivity index (χ3v) is 5.00. The standard InChI is InChI=1S/C22H30N2O5/c1-26-15-19-10-9-18(29-19)14-24-11-5-6-17(13-24)12-23-22(25)16-28-21-8-4-3-7-20(21)27-2/h3-4,7-10,17H,5-6,11-16H2,1-2H3,(H,23,25)/t17-/m0/s1. The molecule has 1 aliphatic heterocycles. The van der Waals surface area contributed by atoms with Gasteiger partial charge in [0.05, 0.1) is 13.7 Å². The first-order valence-corrected chi connectivity index (χ1v) is 9.99. The van der Waals surface area contributed by atoms with Crippen LogP contribution in [0, 0.1) is 5.92 Å². The average Bonchev–Trinajstić information content (AvgIpc) is 3.18. The van der Waals surface area contributed by atoms with Gasteiger partial charge in [-0.05, 0) is 49.6 Å². The van der Waals surface area contributed by atoms with Gasteiger partial charge in [0.1, 0.15) is 18.1 Å². The highest BCUT2D eigenvalue weighted by Gasteiger charge is 2.21. The van der Waals surface area contributed by atoms with Gasteiger partial charge in [0.25, 0.3) is 5.91 Å². The first-order chi connectivity index (χ1) is 14.2. The van der Waals surface area contributed by atoms with Crippen LogP contribution in [-0.2, 0) is 22.7 Å². The van der Waals surface area contributed by atoms with Crippen molar-refractivity contribution in [3.63, 3.8) is 0 Å². The van der Waals surface area contributed by atoms with Gasteiger partial charge in [0.15, 0.2) is 18.1 Å². The van der Waals surface area contributed by atoms with Crippen molar-refractivity contribution >= 4 is 5.91 Å². The maximum atomic E-state index is 12.2. The molecule has 0 spiro atoms. The van der Waals surface area contributed by atoms with E-state index in [4.69, 9.17) is 18.6 Å².